The molecular formula is C54H116O8Si4. The molecule has 0 saturated heterocycles. The topological polar surface area (TPSA) is 104 Å². The summed E-state index contributed by atoms with van der Waals surface area (Å²) >= 11 is 0. The van der Waals surface area contributed by atoms with Gasteiger partial charge in [-0.15, -0.1) is 0 Å². The average molecular weight is 1010 g/mol. The third kappa shape index (κ3) is 21.4. The van der Waals surface area contributed by atoms with Crippen LogP contribution in [0.15, 0.2) is 0 Å². The van der Waals surface area contributed by atoms with Crippen LogP contribution in [0.2, 0.25) is 72.5 Å². The van der Waals surface area contributed by atoms with Crippen molar-refractivity contribution in [2.75, 3.05) is 6.61 Å². The standard InChI is InChI=1S/C54H116O8Si4/c1-22-63(23-2,24-3)59-51(18,40-35-42-53(20,44-37-47(55)50(16,17)57)61-65(28-7,29-8)30-9)38-34-39-52(19,60-64(25-4,26-5)27-6)41-36-43-54(21,62-66(31-10,32-11)33-12)45-46-58-48(56)49(13,14)15/h47,55,57H,22-46H2,1-21H3/t47-,51+,52-,53+,54-/m1/s1. The van der Waals surface area contributed by atoms with Crippen molar-refractivity contribution in [1.29, 1.82) is 0 Å². The second-order valence-electron chi connectivity index (χ2n) is 23.6. The molecule has 0 radical (unpaired) electrons. The Kier molecular flexibility index (Phi) is 29.0. The summed E-state index contributed by atoms with van der Waals surface area (Å²) in [5.74, 6) is -0.152. The molecule has 0 aliphatic heterocycles. The van der Waals surface area contributed by atoms with Gasteiger partial charge >= 0.3 is 5.97 Å². The number of aliphatic hydroxyl groups excluding tert-OH is 1. The molecule has 0 aliphatic carbocycles. The van der Waals surface area contributed by atoms with Gasteiger partial charge < -0.3 is 32.7 Å². The first kappa shape index (κ1) is 66.1. The van der Waals surface area contributed by atoms with Crippen LogP contribution in [0.3, 0.4) is 0 Å². The molecule has 0 aromatic carbocycles. The maximum absolute atomic E-state index is 12.8. The van der Waals surface area contributed by atoms with E-state index in [4.69, 9.17) is 22.4 Å². The van der Waals surface area contributed by atoms with Gasteiger partial charge in [-0.25, -0.2) is 0 Å². The van der Waals surface area contributed by atoms with Gasteiger partial charge in [-0.2, -0.15) is 0 Å². The molecule has 66 heavy (non-hydrogen) atoms. The fraction of sp³-hybridized carbons (Fsp3) is 0.981. The minimum absolute atomic E-state index is 0.152. The molecule has 0 heterocycles. The molecule has 0 amide bonds. The molecule has 0 bridgehead atoms. The Bertz CT molecular complexity index is 1290. The van der Waals surface area contributed by atoms with Crippen LogP contribution >= 0.6 is 0 Å². The Morgan fingerprint density at radius 1 is 0.409 bits per heavy atom. The summed E-state index contributed by atoms with van der Waals surface area (Å²) < 4.78 is 35.8. The molecule has 0 spiro atoms. The first-order chi connectivity index (χ1) is 30.4. The van der Waals surface area contributed by atoms with Crippen molar-refractivity contribution in [2.24, 2.45) is 5.41 Å². The largest absolute Gasteiger partial charge is 0.465 e. The Balaban J connectivity index is 6.86. The van der Waals surface area contributed by atoms with E-state index in [9.17, 15) is 15.0 Å². The second kappa shape index (κ2) is 29.0. The zero-order valence-corrected chi connectivity index (χ0v) is 52.1. The summed E-state index contributed by atoms with van der Waals surface area (Å²) in [5.41, 5.74) is -2.96. The van der Waals surface area contributed by atoms with E-state index in [1.165, 1.54) is 0 Å². The summed E-state index contributed by atoms with van der Waals surface area (Å²) in [7, 11) is -7.83. The fourth-order valence-electron chi connectivity index (χ4n) is 10.7. The molecule has 0 rings (SSSR count). The lowest BCUT2D eigenvalue weighted by Crippen LogP contribution is -2.48. The lowest BCUT2D eigenvalue weighted by atomic mass is 9.84. The monoisotopic (exact) mass is 1000 g/mol. The smallest absolute Gasteiger partial charge is 0.311 e. The van der Waals surface area contributed by atoms with Crippen LogP contribution in [0.1, 0.15) is 222 Å². The summed E-state index contributed by atoms with van der Waals surface area (Å²) in [6.45, 7) is 46.8. The van der Waals surface area contributed by atoms with Gasteiger partial charge in [0, 0.05) is 6.42 Å². The van der Waals surface area contributed by atoms with Crippen molar-refractivity contribution in [2.45, 2.75) is 329 Å². The number of carbonyl (C=O) groups excluding carboxylic acids is 1. The van der Waals surface area contributed by atoms with E-state index in [0.717, 1.165) is 137 Å². The predicted octanol–water partition coefficient (Wildman–Crippen LogP) is 16.5. The van der Waals surface area contributed by atoms with E-state index in [-0.39, 0.29) is 28.4 Å². The van der Waals surface area contributed by atoms with E-state index < -0.39 is 50.4 Å². The Labute approximate surface area is 415 Å². The molecule has 396 valence electrons. The first-order valence-corrected chi connectivity index (χ1v) is 37.9. The minimum Gasteiger partial charge on any atom is -0.465 e. The van der Waals surface area contributed by atoms with Crippen LogP contribution in [0, 0.1) is 5.41 Å². The summed E-state index contributed by atoms with van der Waals surface area (Å²) in [4.78, 5) is 12.8. The molecular weight excluding hydrogens is 889 g/mol. The van der Waals surface area contributed by atoms with Gasteiger partial charge in [0.2, 0.25) is 0 Å². The number of esters is 1. The first-order valence-electron chi connectivity index (χ1n) is 27.8. The normalized spacial score (nSPS) is 17.7. The number of ether oxygens (including phenoxy) is 1. The molecule has 0 saturated carbocycles. The Hall–Kier alpha value is 0.0975. The van der Waals surface area contributed by atoms with Crippen LogP contribution in [0.25, 0.3) is 0 Å². The van der Waals surface area contributed by atoms with Crippen LogP contribution in [0.5, 0.6) is 0 Å². The van der Waals surface area contributed by atoms with E-state index in [1.807, 2.05) is 20.8 Å². The van der Waals surface area contributed by atoms with E-state index in [2.05, 4.69) is 111 Å². The van der Waals surface area contributed by atoms with Crippen molar-refractivity contribution in [3.63, 3.8) is 0 Å². The highest BCUT2D eigenvalue weighted by atomic mass is 28.4. The number of aliphatic hydroxyl groups is 2. The van der Waals surface area contributed by atoms with Crippen molar-refractivity contribution < 1.29 is 37.4 Å². The highest BCUT2D eigenvalue weighted by Gasteiger charge is 2.44. The lowest BCUT2D eigenvalue weighted by Gasteiger charge is -2.45. The van der Waals surface area contributed by atoms with Gasteiger partial charge in [0.15, 0.2) is 33.3 Å². The summed E-state index contributed by atoms with van der Waals surface area (Å²) in [5, 5.41) is 21.6. The fourth-order valence-corrected chi connectivity index (χ4v) is 23.5. The number of hydrogen-bond donors (Lipinski definition) is 2. The maximum atomic E-state index is 12.8. The molecule has 0 aromatic heterocycles. The van der Waals surface area contributed by atoms with Crippen molar-refractivity contribution in [3.05, 3.63) is 0 Å². The van der Waals surface area contributed by atoms with Gasteiger partial charge in [-0.3, -0.25) is 4.79 Å². The van der Waals surface area contributed by atoms with E-state index >= 15 is 0 Å². The third-order valence-electron chi connectivity index (χ3n) is 17.1. The van der Waals surface area contributed by atoms with Crippen molar-refractivity contribution >= 4 is 39.2 Å². The van der Waals surface area contributed by atoms with Crippen LogP contribution < -0.4 is 0 Å². The Morgan fingerprint density at radius 3 is 0.848 bits per heavy atom. The molecule has 8 nitrogen and oxygen atoms in total. The van der Waals surface area contributed by atoms with Crippen LogP contribution in [-0.2, 0) is 27.2 Å². The van der Waals surface area contributed by atoms with Gasteiger partial charge in [0.25, 0.3) is 0 Å². The van der Waals surface area contributed by atoms with Crippen molar-refractivity contribution in [3.8, 4) is 0 Å². The molecule has 0 aliphatic rings. The molecule has 0 aromatic rings. The lowest BCUT2D eigenvalue weighted by molar-refractivity contribution is -0.154. The third-order valence-corrected chi connectivity index (χ3v) is 36.2. The van der Waals surface area contributed by atoms with E-state index in [1.54, 1.807) is 13.8 Å². The highest BCUT2D eigenvalue weighted by Crippen LogP contribution is 2.42. The minimum atomic E-state index is -1.96. The van der Waals surface area contributed by atoms with Gasteiger partial charge in [-0.1, -0.05) is 83.1 Å². The highest BCUT2D eigenvalue weighted by molar-refractivity contribution is 6.74. The quantitative estimate of drug-likeness (QED) is 0.0464. The van der Waals surface area contributed by atoms with Crippen LogP contribution in [-0.4, -0.2) is 90.2 Å². The number of carbonyl (C=O) groups is 1. The Morgan fingerprint density at radius 2 is 0.636 bits per heavy atom. The maximum Gasteiger partial charge on any atom is 0.311 e. The summed E-state index contributed by atoms with van der Waals surface area (Å²) in [6.07, 6.45) is 9.90. The summed E-state index contributed by atoms with van der Waals surface area (Å²) in [6, 6.07) is 13.2. The van der Waals surface area contributed by atoms with Crippen molar-refractivity contribution in [1.82, 2.24) is 0 Å². The molecule has 12 heteroatoms. The number of hydrogen-bond acceptors (Lipinski definition) is 8. The van der Waals surface area contributed by atoms with Gasteiger partial charge in [0.05, 0.1) is 46.1 Å². The molecule has 5 atom stereocenters. The average Bonchev–Trinajstić information content (AvgIpc) is 3.27. The molecule has 0 unspecified atom stereocenters. The van der Waals surface area contributed by atoms with Gasteiger partial charge in [0.1, 0.15) is 0 Å². The van der Waals surface area contributed by atoms with Crippen LogP contribution in [0.4, 0.5) is 0 Å². The zero-order chi connectivity index (χ0) is 51.4. The van der Waals surface area contributed by atoms with Gasteiger partial charge in [-0.05, 0) is 205 Å². The predicted molar refractivity (Wildman–Crippen MR) is 295 cm³/mol. The SMILES string of the molecule is CC[Si](CC)(CC)O[C@@](C)(CCC[C@](C)(CCC[C@](C)(CCOC(=O)C(C)(C)C)O[Si](CC)(CC)CC)O[Si](CC)(CC)CC)CCC[C@@](C)(CC[C@@H](O)C(C)(C)O)O[Si](CC)(CC)CC. The van der Waals surface area contributed by atoms with E-state index in [0.29, 0.717) is 19.4 Å². The molecule has 0 fully saturated rings. The number of rotatable bonds is 39. The zero-order valence-electron chi connectivity index (χ0n) is 48.1. The second-order valence-corrected chi connectivity index (χ2v) is 42.4. The molecule has 2 N–H and O–H groups in total.